The molecule has 3 heterocycles. The van der Waals surface area contributed by atoms with E-state index in [1.807, 2.05) is 20.0 Å². The van der Waals surface area contributed by atoms with Gasteiger partial charge in [-0.15, -0.1) is 11.3 Å². The number of rotatable bonds is 3. The average Bonchev–Trinajstić information content (AvgIpc) is 3.17. The van der Waals surface area contributed by atoms with Gasteiger partial charge < -0.3 is 9.72 Å². The van der Waals surface area contributed by atoms with E-state index in [0.29, 0.717) is 21.6 Å². The van der Waals surface area contributed by atoms with Crippen LogP contribution in [0.25, 0.3) is 21.1 Å². The summed E-state index contributed by atoms with van der Waals surface area (Å²) >= 11 is 1.33. The van der Waals surface area contributed by atoms with Crippen molar-refractivity contribution in [3.05, 3.63) is 57.1 Å². The average molecular weight is 368 g/mol. The Morgan fingerprint density at radius 1 is 1.31 bits per heavy atom. The fourth-order valence-corrected chi connectivity index (χ4v) is 3.88. The van der Waals surface area contributed by atoms with E-state index in [0.717, 1.165) is 15.9 Å². The van der Waals surface area contributed by atoms with Crippen molar-refractivity contribution in [3.63, 3.8) is 0 Å². The van der Waals surface area contributed by atoms with Gasteiger partial charge in [-0.2, -0.15) is 5.10 Å². The number of esters is 1. The Morgan fingerprint density at radius 3 is 2.85 bits per heavy atom. The van der Waals surface area contributed by atoms with E-state index in [2.05, 4.69) is 15.1 Å². The number of hydrogen-bond donors (Lipinski definition) is 1. The Kier molecular flexibility index (Phi) is 3.84. The van der Waals surface area contributed by atoms with Crippen LogP contribution in [-0.2, 0) is 11.8 Å². The maximum absolute atomic E-state index is 12.5. The second-order valence-corrected chi connectivity index (χ2v) is 7.08. The van der Waals surface area contributed by atoms with Gasteiger partial charge in [-0.25, -0.2) is 9.78 Å². The Hall–Kier alpha value is -3.00. The van der Waals surface area contributed by atoms with Gasteiger partial charge in [0, 0.05) is 12.4 Å². The minimum Gasteiger partial charge on any atom is -0.450 e. The van der Waals surface area contributed by atoms with Gasteiger partial charge in [0.15, 0.2) is 11.9 Å². The number of aryl methyl sites for hydroxylation is 2. The summed E-state index contributed by atoms with van der Waals surface area (Å²) in [6, 6.07) is 8.83. The van der Waals surface area contributed by atoms with E-state index >= 15 is 0 Å². The smallest absolute Gasteiger partial charge is 0.349 e. The molecule has 0 aliphatic heterocycles. The van der Waals surface area contributed by atoms with Crippen molar-refractivity contribution in [2.24, 2.45) is 7.05 Å². The lowest BCUT2D eigenvalue weighted by Crippen LogP contribution is -2.17. The van der Waals surface area contributed by atoms with Gasteiger partial charge >= 0.3 is 5.97 Å². The summed E-state index contributed by atoms with van der Waals surface area (Å²) in [5, 5.41) is 5.76. The lowest BCUT2D eigenvalue weighted by atomic mass is 10.2. The van der Waals surface area contributed by atoms with Gasteiger partial charge in [-0.1, -0.05) is 12.1 Å². The molecule has 4 rings (SSSR count). The van der Waals surface area contributed by atoms with E-state index in [1.165, 1.54) is 11.3 Å². The molecule has 132 valence electrons. The number of nitrogens with one attached hydrogen (secondary N) is 1. The van der Waals surface area contributed by atoms with Crippen LogP contribution < -0.4 is 5.56 Å². The predicted octanol–water partition coefficient (Wildman–Crippen LogP) is 3.10. The number of fused-ring (bicyclic) bond motifs is 2. The fourth-order valence-electron chi connectivity index (χ4n) is 2.88. The van der Waals surface area contributed by atoms with Crippen LogP contribution in [0.15, 0.2) is 35.1 Å². The Bertz CT molecular complexity index is 1170. The quantitative estimate of drug-likeness (QED) is 0.561. The zero-order valence-corrected chi connectivity index (χ0v) is 15.3. The van der Waals surface area contributed by atoms with Gasteiger partial charge in [0.25, 0.3) is 5.56 Å². The molecule has 1 aromatic carbocycles. The van der Waals surface area contributed by atoms with Crippen molar-refractivity contribution in [1.82, 2.24) is 19.7 Å². The normalized spacial score (nSPS) is 12.6. The third-order valence-corrected chi connectivity index (χ3v) is 5.38. The molecule has 0 aliphatic carbocycles. The highest BCUT2D eigenvalue weighted by atomic mass is 32.1. The largest absolute Gasteiger partial charge is 0.450 e. The van der Waals surface area contributed by atoms with Crippen molar-refractivity contribution in [2.45, 2.75) is 20.0 Å². The summed E-state index contributed by atoms with van der Waals surface area (Å²) in [7, 11) is 1.84. The van der Waals surface area contributed by atoms with Crippen LogP contribution in [0.5, 0.6) is 0 Å². The molecule has 0 unspecified atom stereocenters. The summed E-state index contributed by atoms with van der Waals surface area (Å²) in [5.74, 6) is -0.130. The number of H-pyrrole nitrogens is 1. The number of para-hydroxylation sites is 1. The fraction of sp³-hybridized carbons (Fsp3) is 0.222. The van der Waals surface area contributed by atoms with E-state index in [9.17, 15) is 9.59 Å². The standard InChI is InChI=1S/C18H16N4O3S/c1-9-12-8-14(26-17(12)22(3)21-9)18(24)25-10(2)15-19-13-7-5-4-6-11(13)16(23)20-15/h4-8,10H,1-3H3,(H,19,20,23)/t10-/m1/s1. The zero-order chi connectivity index (χ0) is 18.4. The second-order valence-electron chi connectivity index (χ2n) is 6.05. The van der Waals surface area contributed by atoms with Crippen molar-refractivity contribution in [2.75, 3.05) is 0 Å². The monoisotopic (exact) mass is 368 g/mol. The number of carbonyl (C=O) groups is 1. The maximum atomic E-state index is 12.5. The lowest BCUT2D eigenvalue weighted by Gasteiger charge is -2.12. The van der Waals surface area contributed by atoms with Crippen LogP contribution in [0.3, 0.4) is 0 Å². The minimum absolute atomic E-state index is 0.253. The molecule has 0 fully saturated rings. The Morgan fingerprint density at radius 2 is 2.08 bits per heavy atom. The summed E-state index contributed by atoms with van der Waals surface area (Å²) in [5.41, 5.74) is 1.18. The van der Waals surface area contributed by atoms with Gasteiger partial charge in [0.05, 0.1) is 16.6 Å². The second kappa shape index (κ2) is 6.06. The molecule has 8 heteroatoms. The molecule has 4 aromatic rings. The van der Waals surface area contributed by atoms with Crippen LogP contribution >= 0.6 is 11.3 Å². The summed E-state index contributed by atoms with van der Waals surface area (Å²) in [6.45, 7) is 3.58. The van der Waals surface area contributed by atoms with Crippen LogP contribution in [0.4, 0.5) is 0 Å². The summed E-state index contributed by atoms with van der Waals surface area (Å²) in [4.78, 5) is 33.2. The van der Waals surface area contributed by atoms with Crippen LogP contribution in [0.1, 0.15) is 34.2 Å². The highest BCUT2D eigenvalue weighted by Gasteiger charge is 2.20. The number of nitrogens with zero attached hydrogens (tertiary/aromatic N) is 3. The predicted molar refractivity (Wildman–Crippen MR) is 99.5 cm³/mol. The summed E-state index contributed by atoms with van der Waals surface area (Å²) < 4.78 is 7.26. The van der Waals surface area contributed by atoms with Crippen LogP contribution in [0, 0.1) is 6.92 Å². The molecule has 0 radical (unpaired) electrons. The lowest BCUT2D eigenvalue weighted by molar-refractivity contribution is 0.0326. The highest BCUT2D eigenvalue weighted by Crippen LogP contribution is 2.29. The number of benzene rings is 1. The molecular weight excluding hydrogens is 352 g/mol. The molecule has 0 saturated carbocycles. The number of ether oxygens (including phenoxy) is 1. The van der Waals surface area contributed by atoms with Crippen molar-refractivity contribution < 1.29 is 9.53 Å². The molecule has 0 amide bonds. The number of hydrogen-bond acceptors (Lipinski definition) is 6. The molecule has 0 spiro atoms. The van der Waals surface area contributed by atoms with Crippen molar-refractivity contribution in [1.29, 1.82) is 0 Å². The number of aromatic amines is 1. The van der Waals surface area contributed by atoms with Crippen LogP contribution in [0.2, 0.25) is 0 Å². The molecule has 0 aliphatic rings. The molecular formula is C18H16N4O3S. The highest BCUT2D eigenvalue weighted by molar-refractivity contribution is 7.20. The van der Waals surface area contributed by atoms with E-state index < -0.39 is 12.1 Å². The maximum Gasteiger partial charge on any atom is 0.349 e. The first-order valence-electron chi connectivity index (χ1n) is 8.07. The molecule has 3 aromatic heterocycles. The SMILES string of the molecule is Cc1nn(C)c2sc(C(=O)O[C@H](C)c3nc4ccccc4c(=O)[nH]3)cc12. The Balaban J connectivity index is 1.62. The van der Waals surface area contributed by atoms with E-state index in [-0.39, 0.29) is 5.56 Å². The first-order chi connectivity index (χ1) is 12.4. The first-order valence-corrected chi connectivity index (χ1v) is 8.89. The summed E-state index contributed by atoms with van der Waals surface area (Å²) in [6.07, 6.45) is -0.677. The van der Waals surface area contributed by atoms with E-state index in [4.69, 9.17) is 4.74 Å². The topological polar surface area (TPSA) is 89.9 Å². The van der Waals surface area contributed by atoms with Gasteiger partial charge in [0.2, 0.25) is 0 Å². The third-order valence-electron chi connectivity index (χ3n) is 4.20. The van der Waals surface area contributed by atoms with Gasteiger partial charge in [-0.3, -0.25) is 9.48 Å². The molecule has 0 saturated heterocycles. The molecule has 1 atom stereocenters. The Labute approximate surface area is 152 Å². The van der Waals surface area contributed by atoms with Crippen LogP contribution in [-0.4, -0.2) is 25.7 Å². The molecule has 0 bridgehead atoms. The zero-order valence-electron chi connectivity index (χ0n) is 14.4. The van der Waals surface area contributed by atoms with Crippen molar-refractivity contribution >= 4 is 38.4 Å². The first kappa shape index (κ1) is 16.5. The molecule has 26 heavy (non-hydrogen) atoms. The number of thiophene rings is 1. The number of aromatic nitrogens is 4. The van der Waals surface area contributed by atoms with E-state index in [1.54, 1.807) is 35.9 Å². The molecule has 1 N–H and O–H groups in total. The number of carbonyl (C=O) groups excluding carboxylic acids is 1. The minimum atomic E-state index is -0.677. The van der Waals surface area contributed by atoms with Gasteiger partial charge in [0.1, 0.15) is 9.71 Å². The molecule has 7 nitrogen and oxygen atoms in total. The van der Waals surface area contributed by atoms with Gasteiger partial charge in [-0.05, 0) is 32.0 Å². The van der Waals surface area contributed by atoms with Crippen molar-refractivity contribution in [3.8, 4) is 0 Å². The third kappa shape index (κ3) is 2.68.